The maximum atomic E-state index is 11.7. The van der Waals surface area contributed by atoms with Gasteiger partial charge >= 0.3 is 6.18 Å². The Hall–Kier alpha value is -1.18. The minimum Gasteiger partial charge on any atom is -0.335 e. The van der Waals surface area contributed by atoms with Crippen LogP contribution in [0, 0.1) is 12.3 Å². The first-order chi connectivity index (χ1) is 5.87. The van der Waals surface area contributed by atoms with Gasteiger partial charge in [-0.25, -0.2) is 0 Å². The van der Waals surface area contributed by atoms with Crippen LogP contribution in [0.15, 0.2) is 0 Å². The fourth-order valence-corrected chi connectivity index (χ4v) is 0.665. The van der Waals surface area contributed by atoms with Crippen molar-refractivity contribution in [2.75, 3.05) is 13.6 Å². The summed E-state index contributed by atoms with van der Waals surface area (Å²) in [5, 5.41) is 0. The van der Waals surface area contributed by atoms with Crippen LogP contribution in [0.3, 0.4) is 0 Å². The lowest BCUT2D eigenvalue weighted by atomic mass is 10.3. The fraction of sp³-hybridized carbons (Fsp3) is 0.625. The van der Waals surface area contributed by atoms with Crippen molar-refractivity contribution in [2.24, 2.45) is 0 Å². The summed E-state index contributed by atoms with van der Waals surface area (Å²) < 4.78 is 35.0. The minimum absolute atomic E-state index is 0.0384. The molecule has 0 aromatic carbocycles. The number of carbonyl (C=O) groups excluding carboxylic acids is 1. The van der Waals surface area contributed by atoms with Crippen molar-refractivity contribution >= 4 is 5.91 Å². The number of halogens is 3. The molecule has 2 nitrogen and oxygen atoms in total. The first-order valence-electron chi connectivity index (χ1n) is 3.61. The lowest BCUT2D eigenvalue weighted by molar-refractivity contribution is -0.148. The van der Waals surface area contributed by atoms with E-state index in [1.54, 1.807) is 0 Å². The smallest absolute Gasteiger partial charge is 0.335 e. The van der Waals surface area contributed by atoms with Crippen molar-refractivity contribution in [3.63, 3.8) is 0 Å². The largest absolute Gasteiger partial charge is 0.389 e. The third-order valence-electron chi connectivity index (χ3n) is 1.38. The summed E-state index contributed by atoms with van der Waals surface area (Å²) >= 11 is 0. The Balaban J connectivity index is 3.83. The molecule has 0 saturated heterocycles. The van der Waals surface area contributed by atoms with Gasteiger partial charge in [0.1, 0.15) is 0 Å². The number of carbonyl (C=O) groups is 1. The van der Waals surface area contributed by atoms with E-state index in [1.807, 2.05) is 0 Å². The fourth-order valence-electron chi connectivity index (χ4n) is 0.665. The molecule has 13 heavy (non-hydrogen) atoms. The molecule has 0 fully saturated rings. The Morgan fingerprint density at radius 3 is 2.46 bits per heavy atom. The molecule has 0 spiro atoms. The SMILES string of the molecule is C#CCN(C)C(=O)CCC(F)(F)F. The van der Waals surface area contributed by atoms with E-state index < -0.39 is 24.9 Å². The van der Waals surface area contributed by atoms with Gasteiger partial charge in [0.15, 0.2) is 0 Å². The number of nitrogens with zero attached hydrogens (tertiary/aromatic N) is 1. The average Bonchev–Trinajstić information content (AvgIpc) is 1.99. The van der Waals surface area contributed by atoms with Gasteiger partial charge < -0.3 is 4.90 Å². The van der Waals surface area contributed by atoms with E-state index in [-0.39, 0.29) is 6.54 Å². The van der Waals surface area contributed by atoms with Crippen LogP contribution in [-0.2, 0) is 4.79 Å². The standard InChI is InChI=1S/C8H10F3NO/c1-3-6-12(2)7(13)4-5-8(9,10)11/h1H,4-6H2,2H3. The molecular weight excluding hydrogens is 183 g/mol. The molecule has 0 aliphatic carbocycles. The molecule has 0 rings (SSSR count). The molecule has 0 aromatic rings. The van der Waals surface area contributed by atoms with E-state index in [2.05, 4.69) is 5.92 Å². The molecule has 0 heterocycles. The van der Waals surface area contributed by atoms with E-state index in [4.69, 9.17) is 6.42 Å². The van der Waals surface area contributed by atoms with Gasteiger partial charge in [0.2, 0.25) is 5.91 Å². The van der Waals surface area contributed by atoms with Crippen LogP contribution < -0.4 is 0 Å². The molecule has 0 atom stereocenters. The zero-order valence-corrected chi connectivity index (χ0v) is 7.19. The van der Waals surface area contributed by atoms with Gasteiger partial charge in [0.05, 0.1) is 13.0 Å². The highest BCUT2D eigenvalue weighted by molar-refractivity contribution is 5.76. The summed E-state index contributed by atoms with van der Waals surface area (Å²) in [6, 6.07) is 0. The predicted octanol–water partition coefficient (Wildman–Crippen LogP) is 1.42. The molecule has 0 N–H and O–H groups in total. The molecule has 0 aromatic heterocycles. The van der Waals surface area contributed by atoms with E-state index in [0.717, 1.165) is 4.90 Å². The monoisotopic (exact) mass is 193 g/mol. The number of amides is 1. The van der Waals surface area contributed by atoms with Crippen molar-refractivity contribution in [1.29, 1.82) is 0 Å². The maximum Gasteiger partial charge on any atom is 0.389 e. The highest BCUT2D eigenvalue weighted by Gasteiger charge is 2.28. The summed E-state index contributed by atoms with van der Waals surface area (Å²) in [6.45, 7) is 0.0384. The lowest BCUT2D eigenvalue weighted by Gasteiger charge is -2.14. The van der Waals surface area contributed by atoms with Gasteiger partial charge in [-0.15, -0.1) is 6.42 Å². The predicted molar refractivity (Wildman–Crippen MR) is 41.8 cm³/mol. The van der Waals surface area contributed by atoms with Crippen LogP contribution in [0.25, 0.3) is 0 Å². The van der Waals surface area contributed by atoms with Crippen molar-refractivity contribution in [2.45, 2.75) is 19.0 Å². The van der Waals surface area contributed by atoms with Crippen LogP contribution in [0.4, 0.5) is 13.2 Å². The molecule has 0 saturated carbocycles. The Kier molecular flexibility index (Phi) is 4.32. The summed E-state index contributed by atoms with van der Waals surface area (Å²) in [6.07, 6.45) is -1.04. The third-order valence-corrected chi connectivity index (χ3v) is 1.38. The Morgan fingerprint density at radius 2 is 2.08 bits per heavy atom. The van der Waals surface area contributed by atoms with Gasteiger partial charge in [-0.3, -0.25) is 4.79 Å². The highest BCUT2D eigenvalue weighted by atomic mass is 19.4. The van der Waals surface area contributed by atoms with Crippen LogP contribution in [0.1, 0.15) is 12.8 Å². The van der Waals surface area contributed by atoms with Crippen molar-refractivity contribution in [3.8, 4) is 12.3 Å². The zero-order valence-electron chi connectivity index (χ0n) is 7.19. The number of hydrogen-bond donors (Lipinski definition) is 0. The van der Waals surface area contributed by atoms with Crippen molar-refractivity contribution in [1.82, 2.24) is 4.90 Å². The Bertz CT molecular complexity index is 216. The first-order valence-corrected chi connectivity index (χ1v) is 3.61. The minimum atomic E-state index is -4.29. The molecule has 0 aliphatic rings. The zero-order chi connectivity index (χ0) is 10.5. The molecule has 1 amide bonds. The average molecular weight is 193 g/mol. The number of hydrogen-bond acceptors (Lipinski definition) is 1. The van der Waals surface area contributed by atoms with E-state index in [1.165, 1.54) is 7.05 Å². The summed E-state index contributed by atoms with van der Waals surface area (Å²) in [5.74, 6) is 1.58. The van der Waals surface area contributed by atoms with Gasteiger partial charge in [-0.05, 0) is 0 Å². The van der Waals surface area contributed by atoms with Gasteiger partial charge in [-0.2, -0.15) is 13.2 Å². The molecule has 5 heteroatoms. The molecule has 0 bridgehead atoms. The molecule has 0 unspecified atom stereocenters. The third kappa shape index (κ3) is 6.02. The second-order valence-corrected chi connectivity index (χ2v) is 2.57. The van der Waals surface area contributed by atoms with Crippen LogP contribution in [0.5, 0.6) is 0 Å². The lowest BCUT2D eigenvalue weighted by Crippen LogP contribution is -2.28. The number of terminal acetylenes is 1. The molecule has 0 aliphatic heterocycles. The topological polar surface area (TPSA) is 20.3 Å². The maximum absolute atomic E-state index is 11.7. The molecule has 74 valence electrons. The highest BCUT2D eigenvalue weighted by Crippen LogP contribution is 2.21. The Morgan fingerprint density at radius 1 is 1.54 bits per heavy atom. The normalized spacial score (nSPS) is 10.7. The first kappa shape index (κ1) is 11.8. The Labute approximate surface area is 74.7 Å². The van der Waals surface area contributed by atoms with Crippen LogP contribution in [0.2, 0.25) is 0 Å². The van der Waals surface area contributed by atoms with Crippen LogP contribution >= 0.6 is 0 Å². The molecular formula is C8H10F3NO. The summed E-state index contributed by atoms with van der Waals surface area (Å²) in [7, 11) is 1.37. The summed E-state index contributed by atoms with van der Waals surface area (Å²) in [5.41, 5.74) is 0. The van der Waals surface area contributed by atoms with Crippen LogP contribution in [-0.4, -0.2) is 30.6 Å². The summed E-state index contributed by atoms with van der Waals surface area (Å²) in [4.78, 5) is 12.0. The van der Waals surface area contributed by atoms with Gasteiger partial charge in [0, 0.05) is 13.5 Å². The number of rotatable bonds is 3. The van der Waals surface area contributed by atoms with E-state index in [0.29, 0.717) is 0 Å². The second kappa shape index (κ2) is 4.75. The second-order valence-electron chi connectivity index (χ2n) is 2.57. The van der Waals surface area contributed by atoms with E-state index >= 15 is 0 Å². The number of alkyl halides is 3. The van der Waals surface area contributed by atoms with E-state index in [9.17, 15) is 18.0 Å². The van der Waals surface area contributed by atoms with Crippen molar-refractivity contribution in [3.05, 3.63) is 0 Å². The quantitative estimate of drug-likeness (QED) is 0.621. The van der Waals surface area contributed by atoms with Crippen molar-refractivity contribution < 1.29 is 18.0 Å². The molecule has 0 radical (unpaired) electrons. The van der Waals surface area contributed by atoms with Gasteiger partial charge in [0.25, 0.3) is 0 Å². The van der Waals surface area contributed by atoms with Gasteiger partial charge in [-0.1, -0.05) is 5.92 Å².